The van der Waals surface area contributed by atoms with E-state index in [0.29, 0.717) is 11.7 Å². The summed E-state index contributed by atoms with van der Waals surface area (Å²) in [6.07, 6.45) is 1.58. The summed E-state index contributed by atoms with van der Waals surface area (Å²) in [5.74, 6) is 0.0986. The minimum atomic E-state index is -0.404. The molecule has 0 aromatic rings. The molecule has 0 amide bonds. The number of hydrogen-bond acceptors (Lipinski definition) is 6. The molecule has 80 valence electrons. The van der Waals surface area contributed by atoms with Crippen LogP contribution in [0.2, 0.25) is 0 Å². The van der Waals surface area contributed by atoms with Crippen molar-refractivity contribution in [3.63, 3.8) is 0 Å². The lowest BCUT2D eigenvalue weighted by molar-refractivity contribution is -0.137. The van der Waals surface area contributed by atoms with E-state index in [9.17, 15) is 4.79 Å². The van der Waals surface area contributed by atoms with E-state index in [0.717, 1.165) is 5.71 Å². The third kappa shape index (κ3) is 1.63. The number of fused-ring (bicyclic) bond motifs is 1. The van der Waals surface area contributed by atoms with Gasteiger partial charge in [-0.25, -0.2) is 25.2 Å². The fourth-order valence-corrected chi connectivity index (χ4v) is 1.47. The fourth-order valence-electron chi connectivity index (χ4n) is 1.47. The first-order valence-electron chi connectivity index (χ1n) is 4.61. The van der Waals surface area contributed by atoms with Crippen LogP contribution in [0.3, 0.4) is 0 Å². The topological polar surface area (TPSA) is 66.3 Å². The molecule has 0 fully saturated rings. The van der Waals surface area contributed by atoms with Crippen molar-refractivity contribution in [1.82, 2.24) is 10.4 Å². The highest BCUT2D eigenvalue weighted by atomic mass is 16.5. The number of methoxy groups -OCH3 is 1. The fraction of sp³-hybridized carbons (Fsp3) is 0.444. The monoisotopic (exact) mass is 208 g/mol. The standard InChI is InChI=1S/C9H12N4O2/c1-5-4-7(8(14)15-3)13-9(10-5)11-6(2)12-13/h4,6,12H,1-3H3. The van der Waals surface area contributed by atoms with Crippen LogP contribution in [0.1, 0.15) is 13.8 Å². The van der Waals surface area contributed by atoms with Crippen LogP contribution in [0.5, 0.6) is 0 Å². The maximum absolute atomic E-state index is 11.5. The molecule has 0 aromatic carbocycles. The van der Waals surface area contributed by atoms with E-state index in [4.69, 9.17) is 0 Å². The highest BCUT2D eigenvalue weighted by molar-refractivity contribution is 6.11. The van der Waals surface area contributed by atoms with Crippen LogP contribution >= 0.6 is 0 Å². The van der Waals surface area contributed by atoms with Gasteiger partial charge in [0.05, 0.1) is 7.11 Å². The highest BCUT2D eigenvalue weighted by Crippen LogP contribution is 2.17. The largest absolute Gasteiger partial charge is 0.464 e. The Hall–Kier alpha value is -1.69. The van der Waals surface area contributed by atoms with Gasteiger partial charge >= 0.3 is 5.97 Å². The zero-order chi connectivity index (χ0) is 11.0. The molecule has 2 heterocycles. The Labute approximate surface area is 87.3 Å². The van der Waals surface area contributed by atoms with Crippen LogP contribution in [0.25, 0.3) is 0 Å². The highest BCUT2D eigenvalue weighted by Gasteiger charge is 2.31. The summed E-state index contributed by atoms with van der Waals surface area (Å²) in [5.41, 5.74) is 4.14. The van der Waals surface area contributed by atoms with Gasteiger partial charge in [-0.05, 0) is 19.9 Å². The van der Waals surface area contributed by atoms with Gasteiger partial charge in [-0.3, -0.25) is 0 Å². The molecule has 6 nitrogen and oxygen atoms in total. The van der Waals surface area contributed by atoms with Gasteiger partial charge in [0.15, 0.2) is 0 Å². The average Bonchev–Trinajstić information content (AvgIpc) is 2.55. The minimum Gasteiger partial charge on any atom is -0.464 e. The lowest BCUT2D eigenvalue weighted by Crippen LogP contribution is -2.43. The molecule has 0 saturated heterocycles. The number of rotatable bonds is 1. The second-order valence-corrected chi connectivity index (χ2v) is 3.34. The van der Waals surface area contributed by atoms with E-state index in [2.05, 4.69) is 20.1 Å². The number of esters is 1. The summed E-state index contributed by atoms with van der Waals surface area (Å²) in [4.78, 5) is 19.9. The molecule has 2 aliphatic rings. The molecule has 1 N–H and O–H groups in total. The van der Waals surface area contributed by atoms with Crippen LogP contribution in [0.15, 0.2) is 21.8 Å². The lowest BCUT2D eigenvalue weighted by atomic mass is 10.2. The second-order valence-electron chi connectivity index (χ2n) is 3.34. The van der Waals surface area contributed by atoms with Gasteiger partial charge in [-0.15, -0.1) is 0 Å². The molecule has 1 atom stereocenters. The molecule has 2 rings (SSSR count). The number of hydrogen-bond donors (Lipinski definition) is 1. The van der Waals surface area contributed by atoms with Gasteiger partial charge in [0.1, 0.15) is 11.9 Å². The predicted octanol–water partition coefficient (Wildman–Crippen LogP) is 0.0400. The SMILES string of the molecule is COC(=O)C1=CC(C)=NC2=NC(C)NN12. The summed E-state index contributed by atoms with van der Waals surface area (Å²) >= 11 is 0. The summed E-state index contributed by atoms with van der Waals surface area (Å²) in [6.45, 7) is 3.69. The molecule has 0 spiro atoms. The normalized spacial score (nSPS) is 24.1. The van der Waals surface area contributed by atoms with E-state index in [1.165, 1.54) is 7.11 Å². The zero-order valence-electron chi connectivity index (χ0n) is 8.81. The van der Waals surface area contributed by atoms with Crippen LogP contribution < -0.4 is 5.43 Å². The zero-order valence-corrected chi connectivity index (χ0v) is 8.81. The van der Waals surface area contributed by atoms with Crippen molar-refractivity contribution in [2.45, 2.75) is 20.0 Å². The smallest absolute Gasteiger partial charge is 0.356 e. The molecule has 0 radical (unpaired) electrons. The van der Waals surface area contributed by atoms with Crippen LogP contribution in [-0.2, 0) is 9.53 Å². The molecule has 0 bridgehead atoms. The molecule has 0 saturated carbocycles. The number of carbonyl (C=O) groups excluding carboxylic acids is 1. The molecule has 2 aliphatic heterocycles. The third-order valence-electron chi connectivity index (χ3n) is 2.08. The van der Waals surface area contributed by atoms with Crippen molar-refractivity contribution in [2.75, 3.05) is 7.11 Å². The van der Waals surface area contributed by atoms with Crippen LogP contribution in [-0.4, -0.2) is 35.9 Å². The van der Waals surface area contributed by atoms with E-state index in [1.54, 1.807) is 11.1 Å². The van der Waals surface area contributed by atoms with Gasteiger partial charge < -0.3 is 4.74 Å². The van der Waals surface area contributed by atoms with Crippen LogP contribution in [0.4, 0.5) is 0 Å². The number of guanidine groups is 1. The Morgan fingerprint density at radius 1 is 1.67 bits per heavy atom. The molecular weight excluding hydrogens is 196 g/mol. The molecule has 1 unspecified atom stereocenters. The Bertz CT molecular complexity index is 397. The van der Waals surface area contributed by atoms with Crippen molar-refractivity contribution in [3.8, 4) is 0 Å². The van der Waals surface area contributed by atoms with E-state index >= 15 is 0 Å². The molecule has 6 heteroatoms. The van der Waals surface area contributed by atoms with Crippen molar-refractivity contribution in [1.29, 1.82) is 0 Å². The number of aliphatic imine (C=N–C) groups is 2. The molecule has 15 heavy (non-hydrogen) atoms. The Morgan fingerprint density at radius 2 is 2.40 bits per heavy atom. The summed E-state index contributed by atoms with van der Waals surface area (Å²) in [7, 11) is 1.35. The summed E-state index contributed by atoms with van der Waals surface area (Å²) < 4.78 is 4.68. The number of carbonyl (C=O) groups is 1. The van der Waals surface area contributed by atoms with Crippen molar-refractivity contribution < 1.29 is 9.53 Å². The van der Waals surface area contributed by atoms with Gasteiger partial charge in [-0.1, -0.05) is 0 Å². The summed E-state index contributed by atoms with van der Waals surface area (Å²) in [5, 5.41) is 1.55. The lowest BCUT2D eigenvalue weighted by Gasteiger charge is -2.23. The van der Waals surface area contributed by atoms with Crippen molar-refractivity contribution >= 4 is 17.6 Å². The maximum Gasteiger partial charge on any atom is 0.356 e. The van der Waals surface area contributed by atoms with E-state index in [-0.39, 0.29) is 6.17 Å². The van der Waals surface area contributed by atoms with Crippen molar-refractivity contribution in [2.24, 2.45) is 9.98 Å². The first-order chi connectivity index (χ1) is 7.11. The van der Waals surface area contributed by atoms with Gasteiger partial charge in [0.2, 0.25) is 5.96 Å². The molecular formula is C9H12N4O2. The quantitative estimate of drug-likeness (QED) is 0.618. The van der Waals surface area contributed by atoms with Gasteiger partial charge in [0.25, 0.3) is 0 Å². The number of allylic oxidation sites excluding steroid dienone is 1. The van der Waals surface area contributed by atoms with Crippen molar-refractivity contribution in [3.05, 3.63) is 11.8 Å². The average molecular weight is 208 g/mol. The Kier molecular flexibility index (Phi) is 2.28. The van der Waals surface area contributed by atoms with Gasteiger partial charge in [-0.2, -0.15) is 0 Å². The Morgan fingerprint density at radius 3 is 3.07 bits per heavy atom. The Balaban J connectivity index is 2.36. The molecule has 0 aromatic heterocycles. The van der Waals surface area contributed by atoms with Crippen LogP contribution in [0, 0.1) is 0 Å². The molecule has 0 aliphatic carbocycles. The number of nitrogens with zero attached hydrogens (tertiary/aromatic N) is 3. The number of ether oxygens (including phenoxy) is 1. The number of nitrogens with one attached hydrogen (secondary N) is 1. The number of hydrazine groups is 1. The predicted molar refractivity (Wildman–Crippen MR) is 55.1 cm³/mol. The van der Waals surface area contributed by atoms with E-state index in [1.807, 2.05) is 13.8 Å². The first-order valence-corrected chi connectivity index (χ1v) is 4.61. The van der Waals surface area contributed by atoms with Gasteiger partial charge in [0, 0.05) is 5.71 Å². The third-order valence-corrected chi connectivity index (χ3v) is 2.08. The first kappa shape index (κ1) is 9.85. The maximum atomic E-state index is 11.5. The summed E-state index contributed by atoms with van der Waals surface area (Å²) in [6, 6.07) is 0. The van der Waals surface area contributed by atoms with E-state index < -0.39 is 5.97 Å². The minimum absolute atomic E-state index is 0.0808. The second kappa shape index (κ2) is 3.47.